The smallest absolute Gasteiger partial charge is 0.416 e. The van der Waals surface area contributed by atoms with Crippen molar-refractivity contribution in [2.24, 2.45) is 11.8 Å². The van der Waals surface area contributed by atoms with Crippen LogP contribution in [-0.2, 0) is 30.0 Å². The standard InChI is InChI=1S/C17H18F3NO7/c1-8(11(15(25)27-2)16(26)28-3)12(14(23)24)21-13(22)9-4-6-10(7-5-9)17(18,19)20/h4-8,11-12H,1-3H3,(H,21,22)(H,23,24)/t8-,12+/m1/s1. The fraction of sp³-hybridized carbons (Fsp3) is 0.412. The molecule has 0 aliphatic rings. The Morgan fingerprint density at radius 2 is 1.46 bits per heavy atom. The minimum Gasteiger partial charge on any atom is -0.480 e. The van der Waals surface area contributed by atoms with Crippen LogP contribution in [0.5, 0.6) is 0 Å². The molecule has 1 rings (SSSR count). The molecule has 0 spiro atoms. The van der Waals surface area contributed by atoms with Crippen LogP contribution in [0.15, 0.2) is 24.3 Å². The number of methoxy groups -OCH3 is 2. The van der Waals surface area contributed by atoms with Crippen molar-refractivity contribution in [2.75, 3.05) is 14.2 Å². The first-order valence-electron chi connectivity index (χ1n) is 7.80. The van der Waals surface area contributed by atoms with Crippen LogP contribution in [-0.4, -0.2) is 49.2 Å². The number of hydrogen-bond acceptors (Lipinski definition) is 6. The molecule has 0 aromatic heterocycles. The Morgan fingerprint density at radius 3 is 1.82 bits per heavy atom. The molecule has 1 amide bonds. The maximum absolute atomic E-state index is 12.6. The molecule has 1 aromatic rings. The molecule has 1 aromatic carbocycles. The summed E-state index contributed by atoms with van der Waals surface area (Å²) in [5, 5.41) is 11.5. The minimum absolute atomic E-state index is 0.237. The van der Waals surface area contributed by atoms with Crippen LogP contribution >= 0.6 is 0 Å². The second kappa shape index (κ2) is 9.20. The van der Waals surface area contributed by atoms with Crippen molar-refractivity contribution in [1.29, 1.82) is 0 Å². The van der Waals surface area contributed by atoms with Gasteiger partial charge in [0.2, 0.25) is 0 Å². The Morgan fingerprint density at radius 1 is 1.00 bits per heavy atom. The summed E-state index contributed by atoms with van der Waals surface area (Å²) in [6.07, 6.45) is -4.60. The van der Waals surface area contributed by atoms with E-state index in [0.29, 0.717) is 12.1 Å². The van der Waals surface area contributed by atoms with Crippen molar-refractivity contribution >= 4 is 23.8 Å². The highest BCUT2D eigenvalue weighted by atomic mass is 19.4. The van der Waals surface area contributed by atoms with Gasteiger partial charge in [0.05, 0.1) is 19.8 Å². The normalized spacial score (nSPS) is 13.4. The molecule has 0 radical (unpaired) electrons. The lowest BCUT2D eigenvalue weighted by Crippen LogP contribution is -2.50. The molecule has 0 unspecified atom stereocenters. The summed E-state index contributed by atoms with van der Waals surface area (Å²) in [5.41, 5.74) is -1.22. The van der Waals surface area contributed by atoms with E-state index in [0.717, 1.165) is 26.4 Å². The summed E-state index contributed by atoms with van der Waals surface area (Å²) in [6, 6.07) is 1.36. The molecular formula is C17H18F3NO7. The number of carboxylic acids is 1. The highest BCUT2D eigenvalue weighted by Gasteiger charge is 2.42. The molecule has 0 aliphatic carbocycles. The summed E-state index contributed by atoms with van der Waals surface area (Å²) in [5.74, 6) is -7.60. The van der Waals surface area contributed by atoms with E-state index in [9.17, 15) is 37.5 Å². The maximum atomic E-state index is 12.6. The number of aliphatic carboxylic acids is 1. The summed E-state index contributed by atoms with van der Waals surface area (Å²) in [6.45, 7) is 1.21. The number of hydrogen-bond donors (Lipinski definition) is 2. The third-order valence-electron chi connectivity index (χ3n) is 3.99. The molecule has 11 heteroatoms. The van der Waals surface area contributed by atoms with Crippen LogP contribution in [0.2, 0.25) is 0 Å². The molecule has 2 atom stereocenters. The number of rotatable bonds is 7. The Hall–Kier alpha value is -3.11. The van der Waals surface area contributed by atoms with Gasteiger partial charge in [0.15, 0.2) is 5.92 Å². The van der Waals surface area contributed by atoms with Gasteiger partial charge in [0, 0.05) is 11.5 Å². The predicted octanol–water partition coefficient (Wildman–Crippen LogP) is 1.49. The predicted molar refractivity (Wildman–Crippen MR) is 87.0 cm³/mol. The zero-order valence-electron chi connectivity index (χ0n) is 15.1. The molecule has 0 saturated carbocycles. The number of benzene rings is 1. The number of carbonyl (C=O) groups is 4. The van der Waals surface area contributed by atoms with Crippen molar-refractivity contribution in [3.05, 3.63) is 35.4 Å². The van der Waals surface area contributed by atoms with Crippen molar-refractivity contribution in [3.8, 4) is 0 Å². The summed E-state index contributed by atoms with van der Waals surface area (Å²) >= 11 is 0. The number of carbonyl (C=O) groups excluding carboxylic acids is 3. The zero-order valence-corrected chi connectivity index (χ0v) is 15.1. The van der Waals surface area contributed by atoms with Crippen LogP contribution in [0, 0.1) is 11.8 Å². The van der Waals surface area contributed by atoms with Gasteiger partial charge in [0.25, 0.3) is 5.91 Å². The van der Waals surface area contributed by atoms with E-state index in [4.69, 9.17) is 0 Å². The highest BCUT2D eigenvalue weighted by Crippen LogP contribution is 2.29. The second-order valence-corrected chi connectivity index (χ2v) is 5.75. The largest absolute Gasteiger partial charge is 0.480 e. The minimum atomic E-state index is -4.60. The van der Waals surface area contributed by atoms with Gasteiger partial charge in [-0.1, -0.05) is 6.92 Å². The lowest BCUT2D eigenvalue weighted by Gasteiger charge is -2.26. The summed E-state index contributed by atoms with van der Waals surface area (Å²) < 4.78 is 46.7. The summed E-state index contributed by atoms with van der Waals surface area (Å²) in [7, 11) is 1.98. The summed E-state index contributed by atoms with van der Waals surface area (Å²) in [4.78, 5) is 47.5. The Bertz CT molecular complexity index is 730. The van der Waals surface area contributed by atoms with E-state index in [1.807, 2.05) is 0 Å². The molecule has 0 bridgehead atoms. The number of carboxylic acid groups (broad SMARTS) is 1. The van der Waals surface area contributed by atoms with E-state index in [1.165, 1.54) is 6.92 Å². The second-order valence-electron chi connectivity index (χ2n) is 5.75. The van der Waals surface area contributed by atoms with E-state index in [2.05, 4.69) is 14.8 Å². The molecule has 0 saturated heterocycles. The van der Waals surface area contributed by atoms with Crippen LogP contribution in [0.4, 0.5) is 13.2 Å². The zero-order chi connectivity index (χ0) is 21.6. The number of ether oxygens (including phenoxy) is 2. The third kappa shape index (κ3) is 5.44. The topological polar surface area (TPSA) is 119 Å². The van der Waals surface area contributed by atoms with Crippen molar-refractivity contribution in [1.82, 2.24) is 5.32 Å². The van der Waals surface area contributed by atoms with Crippen LogP contribution in [0.3, 0.4) is 0 Å². The van der Waals surface area contributed by atoms with Crippen molar-refractivity contribution < 1.29 is 46.9 Å². The van der Waals surface area contributed by atoms with Crippen LogP contribution in [0.25, 0.3) is 0 Å². The molecule has 2 N–H and O–H groups in total. The highest BCUT2D eigenvalue weighted by molar-refractivity contribution is 5.98. The number of esters is 2. The average molecular weight is 405 g/mol. The first kappa shape index (κ1) is 22.9. The van der Waals surface area contributed by atoms with Gasteiger partial charge in [-0.3, -0.25) is 14.4 Å². The maximum Gasteiger partial charge on any atom is 0.416 e. The molecular weight excluding hydrogens is 387 g/mol. The van der Waals surface area contributed by atoms with Gasteiger partial charge in [-0.25, -0.2) is 4.79 Å². The Labute approximate surface area is 157 Å². The Kier molecular flexibility index (Phi) is 7.53. The third-order valence-corrected chi connectivity index (χ3v) is 3.99. The van der Waals surface area contributed by atoms with Gasteiger partial charge in [-0.15, -0.1) is 0 Å². The first-order chi connectivity index (χ1) is 12.9. The van der Waals surface area contributed by atoms with Gasteiger partial charge in [-0.05, 0) is 24.3 Å². The molecule has 154 valence electrons. The Balaban J connectivity index is 3.08. The first-order valence-corrected chi connectivity index (χ1v) is 7.80. The molecule has 28 heavy (non-hydrogen) atoms. The number of amides is 1. The monoisotopic (exact) mass is 405 g/mol. The lowest BCUT2D eigenvalue weighted by molar-refractivity contribution is -0.162. The van der Waals surface area contributed by atoms with Crippen LogP contribution < -0.4 is 5.32 Å². The van der Waals surface area contributed by atoms with E-state index < -0.39 is 53.4 Å². The van der Waals surface area contributed by atoms with Crippen LogP contribution in [0.1, 0.15) is 22.8 Å². The van der Waals surface area contributed by atoms with Gasteiger partial charge >= 0.3 is 24.1 Å². The number of alkyl halides is 3. The number of halogens is 3. The molecule has 0 heterocycles. The molecule has 8 nitrogen and oxygen atoms in total. The SMILES string of the molecule is COC(=O)C(C(=O)OC)[C@@H](C)[C@H](NC(=O)c1ccc(C(F)(F)F)cc1)C(=O)O. The van der Waals surface area contributed by atoms with E-state index in [-0.39, 0.29) is 5.56 Å². The molecule has 0 aliphatic heterocycles. The lowest BCUT2D eigenvalue weighted by atomic mass is 9.87. The van der Waals surface area contributed by atoms with Crippen molar-refractivity contribution in [3.63, 3.8) is 0 Å². The van der Waals surface area contributed by atoms with Gasteiger partial charge in [-0.2, -0.15) is 13.2 Å². The fourth-order valence-electron chi connectivity index (χ4n) is 2.43. The molecule has 0 fully saturated rings. The van der Waals surface area contributed by atoms with E-state index in [1.54, 1.807) is 0 Å². The van der Waals surface area contributed by atoms with E-state index >= 15 is 0 Å². The van der Waals surface area contributed by atoms with Gasteiger partial charge in [0.1, 0.15) is 6.04 Å². The van der Waals surface area contributed by atoms with Crippen molar-refractivity contribution in [2.45, 2.75) is 19.1 Å². The number of nitrogens with one attached hydrogen (secondary N) is 1. The fourth-order valence-corrected chi connectivity index (χ4v) is 2.43. The average Bonchev–Trinajstić information content (AvgIpc) is 2.64. The van der Waals surface area contributed by atoms with Gasteiger partial charge < -0.3 is 19.9 Å². The quantitative estimate of drug-likeness (QED) is 0.521.